The number of nitrogens with zero attached hydrogens (tertiary/aromatic N) is 1. The van der Waals surface area contributed by atoms with E-state index in [-0.39, 0.29) is 11.2 Å². The van der Waals surface area contributed by atoms with Crippen LogP contribution in [-0.4, -0.2) is 30.2 Å². The van der Waals surface area contributed by atoms with Crippen molar-refractivity contribution in [2.45, 2.75) is 5.25 Å². The van der Waals surface area contributed by atoms with Crippen LogP contribution in [0.3, 0.4) is 0 Å². The highest BCUT2D eigenvalue weighted by Gasteiger charge is 2.25. The fourth-order valence-electron chi connectivity index (χ4n) is 2.98. The summed E-state index contributed by atoms with van der Waals surface area (Å²) in [5.41, 5.74) is 4.08. The number of rotatable bonds is 1. The van der Waals surface area contributed by atoms with Crippen molar-refractivity contribution in [3.05, 3.63) is 58.6 Å². The summed E-state index contributed by atoms with van der Waals surface area (Å²) in [6, 6.07) is 4.25. The molecule has 0 spiro atoms. The monoisotopic (exact) mass is 323 g/mol. The van der Waals surface area contributed by atoms with E-state index in [2.05, 4.69) is 34.3 Å². The van der Waals surface area contributed by atoms with Gasteiger partial charge in [0.15, 0.2) is 0 Å². The molecule has 0 saturated heterocycles. The van der Waals surface area contributed by atoms with Crippen LogP contribution in [0, 0.1) is 0 Å². The molecule has 0 radical (unpaired) electrons. The molecule has 3 aliphatic rings. The Bertz CT molecular complexity index is 909. The van der Waals surface area contributed by atoms with E-state index in [1.807, 2.05) is 24.4 Å². The summed E-state index contributed by atoms with van der Waals surface area (Å²) < 4.78 is 3.46. The number of nitrogens with one attached hydrogen (secondary N) is 2. The molecule has 0 bridgehead atoms. The summed E-state index contributed by atoms with van der Waals surface area (Å²) in [6.45, 7) is 0. The maximum atomic E-state index is 12.3. The molecule has 4 rings (SSSR count). The third kappa shape index (κ3) is 2.28. The van der Waals surface area contributed by atoms with Crippen LogP contribution in [0.4, 0.5) is 11.4 Å². The maximum Gasteiger partial charge on any atom is 0.253 e. The Hall–Kier alpha value is -2.40. The van der Waals surface area contributed by atoms with Gasteiger partial charge in [-0.15, -0.1) is 0 Å². The van der Waals surface area contributed by atoms with Gasteiger partial charge in [0.25, 0.3) is 5.91 Å². The molecule has 0 fully saturated rings. The van der Waals surface area contributed by atoms with Crippen molar-refractivity contribution in [3.63, 3.8) is 0 Å². The Morgan fingerprint density at radius 2 is 2.13 bits per heavy atom. The Morgan fingerprint density at radius 3 is 2.96 bits per heavy atom. The Morgan fingerprint density at radius 1 is 1.26 bits per heavy atom. The highest BCUT2D eigenvalue weighted by Crippen LogP contribution is 2.34. The van der Waals surface area contributed by atoms with E-state index in [9.17, 15) is 4.79 Å². The first-order valence-corrected chi connectivity index (χ1v) is 8.37. The third-order valence-electron chi connectivity index (χ3n) is 4.16. The second-order valence-electron chi connectivity index (χ2n) is 5.88. The largest absolute Gasteiger partial charge is 0.359 e. The molecule has 1 aromatic carbocycles. The van der Waals surface area contributed by atoms with E-state index in [1.165, 1.54) is 10.8 Å². The number of fused-ring (bicyclic) bond motifs is 4. The average molecular weight is 323 g/mol. The van der Waals surface area contributed by atoms with Crippen LogP contribution in [0.25, 0.3) is 11.6 Å². The van der Waals surface area contributed by atoms with Crippen molar-refractivity contribution in [1.82, 2.24) is 4.90 Å². The lowest BCUT2D eigenvalue weighted by molar-refractivity contribution is -0.124. The zero-order valence-corrected chi connectivity index (χ0v) is 13.8. The van der Waals surface area contributed by atoms with Gasteiger partial charge in [-0.2, -0.15) is 0 Å². The first kappa shape index (κ1) is 14.2. The SMILES string of the molecule is CN(C)C(=O)C1=CC2=c3ccc4c(c3NSC2C=C1)NC=CC=4. The standard InChI is InChI=1S/C18H17N3OS/c1-21(2)18(22)12-6-8-15-14(10-12)13-7-5-11-4-3-9-19-16(11)17(13)20-23-15/h3-10,15,19-20H,1-2H3. The highest BCUT2D eigenvalue weighted by atomic mass is 32.2. The van der Waals surface area contributed by atoms with Gasteiger partial charge in [0.2, 0.25) is 0 Å². The summed E-state index contributed by atoms with van der Waals surface area (Å²) in [5.74, 6) is 0.0321. The minimum atomic E-state index is 0.0321. The molecule has 23 heavy (non-hydrogen) atoms. The normalized spacial score (nSPS) is 20.2. The zero-order chi connectivity index (χ0) is 16.0. The van der Waals surface area contributed by atoms with Gasteiger partial charge in [0, 0.05) is 36.3 Å². The van der Waals surface area contributed by atoms with E-state index < -0.39 is 0 Å². The number of carbonyl (C=O) groups excluding carboxylic acids is 1. The van der Waals surface area contributed by atoms with Crippen molar-refractivity contribution in [2.24, 2.45) is 0 Å². The maximum absolute atomic E-state index is 12.3. The summed E-state index contributed by atoms with van der Waals surface area (Å²) >= 11 is 1.66. The zero-order valence-electron chi connectivity index (χ0n) is 13.0. The van der Waals surface area contributed by atoms with Crippen molar-refractivity contribution < 1.29 is 4.79 Å². The Balaban J connectivity index is 1.93. The molecule has 1 amide bonds. The van der Waals surface area contributed by atoms with Crippen molar-refractivity contribution in [1.29, 1.82) is 0 Å². The number of amides is 1. The molecule has 4 nitrogen and oxygen atoms in total. The molecule has 0 saturated carbocycles. The van der Waals surface area contributed by atoms with Gasteiger partial charge in [-0.1, -0.05) is 30.4 Å². The van der Waals surface area contributed by atoms with Gasteiger partial charge in [-0.3, -0.25) is 4.79 Å². The molecule has 1 atom stereocenters. The van der Waals surface area contributed by atoms with Crippen LogP contribution in [-0.2, 0) is 4.79 Å². The molecular weight excluding hydrogens is 306 g/mol. The molecule has 1 unspecified atom stereocenters. The van der Waals surface area contributed by atoms with Crippen molar-refractivity contribution >= 4 is 40.9 Å². The summed E-state index contributed by atoms with van der Waals surface area (Å²) in [7, 11) is 3.56. The number of benzene rings is 1. The second kappa shape index (κ2) is 5.35. The quantitative estimate of drug-likeness (QED) is 0.770. The highest BCUT2D eigenvalue weighted by molar-refractivity contribution is 8.01. The molecule has 2 heterocycles. The lowest BCUT2D eigenvalue weighted by atomic mass is 9.96. The van der Waals surface area contributed by atoms with E-state index in [4.69, 9.17) is 0 Å². The first-order chi connectivity index (χ1) is 11.1. The molecule has 5 heteroatoms. The Labute approximate surface area is 139 Å². The number of hydrogen-bond acceptors (Lipinski definition) is 4. The molecule has 116 valence electrons. The van der Waals surface area contributed by atoms with Gasteiger partial charge >= 0.3 is 0 Å². The van der Waals surface area contributed by atoms with Crippen LogP contribution >= 0.6 is 11.9 Å². The molecule has 0 aromatic heterocycles. The summed E-state index contributed by atoms with van der Waals surface area (Å²) in [4.78, 5) is 13.9. The van der Waals surface area contributed by atoms with Crippen molar-refractivity contribution in [3.8, 4) is 0 Å². The van der Waals surface area contributed by atoms with Crippen LogP contribution in [0.2, 0.25) is 0 Å². The topological polar surface area (TPSA) is 44.4 Å². The van der Waals surface area contributed by atoms with E-state index in [0.29, 0.717) is 0 Å². The fraction of sp³-hybridized carbons (Fsp3) is 0.167. The smallest absolute Gasteiger partial charge is 0.253 e. The van der Waals surface area contributed by atoms with Crippen molar-refractivity contribution in [2.75, 3.05) is 24.1 Å². The van der Waals surface area contributed by atoms with Gasteiger partial charge in [0.1, 0.15) is 0 Å². The predicted molar refractivity (Wildman–Crippen MR) is 97.2 cm³/mol. The minimum Gasteiger partial charge on any atom is -0.359 e. The molecular formula is C18H17N3OS. The number of hydrogen-bond donors (Lipinski definition) is 2. The van der Waals surface area contributed by atoms with Gasteiger partial charge in [-0.05, 0) is 29.7 Å². The summed E-state index contributed by atoms with van der Waals surface area (Å²) in [5, 5.41) is 5.86. The summed E-state index contributed by atoms with van der Waals surface area (Å²) in [6.07, 6.45) is 12.1. The van der Waals surface area contributed by atoms with E-state index >= 15 is 0 Å². The van der Waals surface area contributed by atoms with E-state index in [1.54, 1.807) is 30.9 Å². The molecule has 1 aliphatic carbocycles. The predicted octanol–water partition coefficient (Wildman–Crippen LogP) is 1.58. The number of likely N-dealkylation sites (N-methyl/N-ethyl adjacent to an activating group) is 1. The first-order valence-electron chi connectivity index (χ1n) is 7.49. The van der Waals surface area contributed by atoms with Gasteiger partial charge in [0.05, 0.1) is 16.6 Å². The van der Waals surface area contributed by atoms with E-state index in [0.717, 1.165) is 22.2 Å². The second-order valence-corrected chi connectivity index (χ2v) is 6.82. The van der Waals surface area contributed by atoms with Crippen LogP contribution in [0.5, 0.6) is 0 Å². The molecule has 2 N–H and O–H groups in total. The van der Waals surface area contributed by atoms with Crippen LogP contribution in [0.1, 0.15) is 0 Å². The number of carbonyl (C=O) groups is 1. The molecule has 1 aromatic rings. The van der Waals surface area contributed by atoms with Gasteiger partial charge in [-0.25, -0.2) is 0 Å². The third-order valence-corrected chi connectivity index (χ3v) is 5.14. The lowest BCUT2D eigenvalue weighted by Crippen LogP contribution is -2.30. The minimum absolute atomic E-state index is 0.0321. The van der Waals surface area contributed by atoms with Gasteiger partial charge < -0.3 is 14.9 Å². The Kier molecular flexibility index (Phi) is 3.31. The number of allylic oxidation sites excluding steroid dienone is 2. The lowest BCUT2D eigenvalue weighted by Gasteiger charge is -2.27. The molecule has 2 aliphatic heterocycles. The van der Waals surface area contributed by atoms with Crippen LogP contribution < -0.4 is 20.5 Å². The van der Waals surface area contributed by atoms with Crippen LogP contribution in [0.15, 0.2) is 48.2 Å². The number of anilines is 2. The average Bonchev–Trinajstić information content (AvgIpc) is 2.60. The fourth-order valence-corrected chi connectivity index (χ4v) is 3.92.